The zero-order chi connectivity index (χ0) is 15.3. The van der Waals surface area contributed by atoms with Crippen LogP contribution in [0.4, 0.5) is 13.2 Å². The Balaban J connectivity index is 2.14. The first-order valence-corrected chi connectivity index (χ1v) is 6.08. The maximum atomic E-state index is 12.2. The van der Waals surface area contributed by atoms with Crippen molar-refractivity contribution in [3.05, 3.63) is 54.1 Å². The molecule has 0 aliphatic carbocycles. The van der Waals surface area contributed by atoms with Crippen molar-refractivity contribution >= 4 is 0 Å². The summed E-state index contributed by atoms with van der Waals surface area (Å²) in [6, 6.07) is 12.8. The molecule has 0 bridgehead atoms. The summed E-state index contributed by atoms with van der Waals surface area (Å²) in [5.41, 5.74) is 0.461. The highest BCUT2D eigenvalue weighted by atomic mass is 19.4. The van der Waals surface area contributed by atoms with Gasteiger partial charge < -0.3 is 14.2 Å². The Kier molecular flexibility index (Phi) is 4.57. The van der Waals surface area contributed by atoms with Crippen LogP contribution in [-0.2, 0) is 6.61 Å². The summed E-state index contributed by atoms with van der Waals surface area (Å²) >= 11 is 0. The molecular formula is C15H13F3O3. The third-order valence-electron chi connectivity index (χ3n) is 2.62. The summed E-state index contributed by atoms with van der Waals surface area (Å²) in [5.74, 6) is 0.733. The second-order valence-corrected chi connectivity index (χ2v) is 4.12. The first kappa shape index (κ1) is 15.0. The van der Waals surface area contributed by atoms with Crippen LogP contribution in [-0.4, -0.2) is 13.5 Å². The van der Waals surface area contributed by atoms with Gasteiger partial charge in [-0.15, -0.1) is 13.2 Å². The lowest BCUT2D eigenvalue weighted by molar-refractivity contribution is -0.274. The van der Waals surface area contributed by atoms with Gasteiger partial charge in [-0.2, -0.15) is 0 Å². The fraction of sp³-hybridized carbons (Fsp3) is 0.200. The normalized spacial score (nSPS) is 11.0. The highest BCUT2D eigenvalue weighted by molar-refractivity contribution is 5.40. The molecule has 0 amide bonds. The molecule has 0 radical (unpaired) electrons. The van der Waals surface area contributed by atoms with Crippen LogP contribution in [0.15, 0.2) is 48.5 Å². The topological polar surface area (TPSA) is 27.7 Å². The van der Waals surface area contributed by atoms with Crippen molar-refractivity contribution in [2.75, 3.05) is 7.11 Å². The number of halogens is 3. The molecule has 0 aliphatic rings. The minimum Gasteiger partial charge on any atom is -0.496 e. The smallest absolute Gasteiger partial charge is 0.496 e. The Labute approximate surface area is 119 Å². The number of rotatable bonds is 5. The fourth-order valence-electron chi connectivity index (χ4n) is 1.74. The van der Waals surface area contributed by atoms with E-state index in [1.165, 1.54) is 25.3 Å². The van der Waals surface area contributed by atoms with Crippen molar-refractivity contribution in [1.29, 1.82) is 0 Å². The Bertz CT molecular complexity index is 582. The molecule has 0 saturated heterocycles. The molecular weight excluding hydrogens is 285 g/mol. The molecule has 0 saturated carbocycles. The molecule has 21 heavy (non-hydrogen) atoms. The van der Waals surface area contributed by atoms with Crippen molar-refractivity contribution in [3.8, 4) is 17.2 Å². The van der Waals surface area contributed by atoms with Gasteiger partial charge in [-0.25, -0.2) is 0 Å². The molecule has 0 atom stereocenters. The third-order valence-corrected chi connectivity index (χ3v) is 2.62. The van der Waals surface area contributed by atoms with E-state index in [9.17, 15) is 13.2 Å². The average Bonchev–Trinajstić information content (AvgIpc) is 2.45. The maximum Gasteiger partial charge on any atom is 0.573 e. The third kappa shape index (κ3) is 4.59. The van der Waals surface area contributed by atoms with Gasteiger partial charge in [-0.1, -0.05) is 18.2 Å². The number of benzene rings is 2. The number of para-hydroxylation sites is 1. The number of hydrogen-bond donors (Lipinski definition) is 0. The van der Waals surface area contributed by atoms with Crippen molar-refractivity contribution in [2.24, 2.45) is 0 Å². The zero-order valence-corrected chi connectivity index (χ0v) is 11.2. The highest BCUT2D eigenvalue weighted by Crippen LogP contribution is 2.29. The van der Waals surface area contributed by atoms with E-state index < -0.39 is 6.36 Å². The second kappa shape index (κ2) is 6.39. The highest BCUT2D eigenvalue weighted by Gasteiger charge is 2.31. The predicted octanol–water partition coefficient (Wildman–Crippen LogP) is 4.17. The van der Waals surface area contributed by atoms with Gasteiger partial charge in [0.05, 0.1) is 7.11 Å². The zero-order valence-electron chi connectivity index (χ0n) is 11.2. The van der Waals surface area contributed by atoms with Crippen LogP contribution < -0.4 is 14.2 Å². The molecule has 0 aromatic heterocycles. The minimum atomic E-state index is -4.73. The summed E-state index contributed by atoms with van der Waals surface area (Å²) < 4.78 is 51.2. The van der Waals surface area contributed by atoms with Crippen LogP contribution in [0.5, 0.6) is 17.2 Å². The first-order valence-electron chi connectivity index (χ1n) is 6.08. The molecule has 0 unspecified atom stereocenters. The van der Waals surface area contributed by atoms with Gasteiger partial charge in [-0.05, 0) is 30.3 Å². The predicted molar refractivity (Wildman–Crippen MR) is 70.5 cm³/mol. The van der Waals surface area contributed by atoms with Gasteiger partial charge >= 0.3 is 6.36 Å². The van der Waals surface area contributed by atoms with E-state index in [1.807, 2.05) is 6.07 Å². The SMILES string of the molecule is COc1ccc(OC(F)(F)F)cc1COc1ccccc1. The lowest BCUT2D eigenvalue weighted by Gasteiger charge is -2.13. The number of ether oxygens (including phenoxy) is 3. The molecule has 0 heterocycles. The molecule has 0 spiro atoms. The number of methoxy groups -OCH3 is 1. The second-order valence-electron chi connectivity index (χ2n) is 4.12. The van der Waals surface area contributed by atoms with Crippen molar-refractivity contribution in [2.45, 2.75) is 13.0 Å². The van der Waals surface area contributed by atoms with Crippen LogP contribution in [0, 0.1) is 0 Å². The van der Waals surface area contributed by atoms with Crippen LogP contribution in [0.3, 0.4) is 0 Å². The van der Waals surface area contributed by atoms with Gasteiger partial charge in [0, 0.05) is 5.56 Å². The standard InChI is InChI=1S/C15H13F3O3/c1-19-14-8-7-13(21-15(16,17)18)9-11(14)10-20-12-5-3-2-4-6-12/h2-9H,10H2,1H3. The van der Waals surface area contributed by atoms with Crippen molar-refractivity contribution in [1.82, 2.24) is 0 Å². The van der Waals surface area contributed by atoms with Gasteiger partial charge in [0.25, 0.3) is 0 Å². The van der Waals surface area contributed by atoms with Gasteiger partial charge in [0.1, 0.15) is 23.9 Å². The number of hydrogen-bond acceptors (Lipinski definition) is 3. The Morgan fingerprint density at radius 3 is 2.29 bits per heavy atom. The Morgan fingerprint density at radius 1 is 0.952 bits per heavy atom. The van der Waals surface area contributed by atoms with E-state index in [4.69, 9.17) is 9.47 Å². The van der Waals surface area contributed by atoms with Crippen molar-refractivity contribution < 1.29 is 27.4 Å². The van der Waals surface area contributed by atoms with Crippen LogP contribution in [0.2, 0.25) is 0 Å². The van der Waals surface area contributed by atoms with Gasteiger partial charge in [0.2, 0.25) is 0 Å². The van der Waals surface area contributed by atoms with Crippen LogP contribution in [0.1, 0.15) is 5.56 Å². The Hall–Kier alpha value is -2.37. The summed E-state index contributed by atoms with van der Waals surface area (Å²) in [6.45, 7) is 0.0717. The molecule has 0 fully saturated rings. The van der Waals surface area contributed by atoms with Gasteiger partial charge in [0.15, 0.2) is 0 Å². The molecule has 2 rings (SSSR count). The van der Waals surface area contributed by atoms with Crippen LogP contribution in [0.25, 0.3) is 0 Å². The molecule has 0 N–H and O–H groups in total. The summed E-state index contributed by atoms with van der Waals surface area (Å²) in [6.07, 6.45) is -4.73. The lowest BCUT2D eigenvalue weighted by atomic mass is 10.2. The fourth-order valence-corrected chi connectivity index (χ4v) is 1.74. The van der Waals surface area contributed by atoms with E-state index in [2.05, 4.69) is 4.74 Å². The van der Waals surface area contributed by atoms with E-state index in [1.54, 1.807) is 24.3 Å². The van der Waals surface area contributed by atoms with Gasteiger partial charge in [-0.3, -0.25) is 0 Å². The minimum absolute atomic E-state index is 0.0717. The molecule has 112 valence electrons. The van der Waals surface area contributed by atoms with E-state index in [-0.39, 0.29) is 12.4 Å². The molecule has 6 heteroatoms. The summed E-state index contributed by atoms with van der Waals surface area (Å²) in [7, 11) is 1.44. The first-order chi connectivity index (χ1) is 9.98. The summed E-state index contributed by atoms with van der Waals surface area (Å²) in [5, 5.41) is 0. The van der Waals surface area contributed by atoms with E-state index in [0.717, 1.165) is 0 Å². The lowest BCUT2D eigenvalue weighted by Crippen LogP contribution is -2.17. The molecule has 3 nitrogen and oxygen atoms in total. The van der Waals surface area contributed by atoms with Crippen LogP contribution >= 0.6 is 0 Å². The Morgan fingerprint density at radius 2 is 1.67 bits per heavy atom. The maximum absolute atomic E-state index is 12.2. The molecule has 2 aromatic rings. The average molecular weight is 298 g/mol. The monoisotopic (exact) mass is 298 g/mol. The van der Waals surface area contributed by atoms with E-state index in [0.29, 0.717) is 17.1 Å². The molecule has 0 aliphatic heterocycles. The number of alkyl halides is 3. The van der Waals surface area contributed by atoms with Crippen molar-refractivity contribution in [3.63, 3.8) is 0 Å². The molecule has 2 aromatic carbocycles. The largest absolute Gasteiger partial charge is 0.573 e. The quantitative estimate of drug-likeness (QED) is 0.829. The van der Waals surface area contributed by atoms with E-state index >= 15 is 0 Å². The summed E-state index contributed by atoms with van der Waals surface area (Å²) in [4.78, 5) is 0.